The summed E-state index contributed by atoms with van der Waals surface area (Å²) in [7, 11) is -3.02. The quantitative estimate of drug-likeness (QED) is 0.862. The summed E-state index contributed by atoms with van der Waals surface area (Å²) < 4.78 is 23.0. The molecule has 1 heterocycles. The van der Waals surface area contributed by atoms with Gasteiger partial charge in [0.1, 0.15) is 0 Å². The third kappa shape index (κ3) is 3.78. The first-order valence-electron chi connectivity index (χ1n) is 6.10. The van der Waals surface area contributed by atoms with Crippen molar-refractivity contribution in [3.8, 4) is 0 Å². The lowest BCUT2D eigenvalue weighted by atomic mass is 10.0. The van der Waals surface area contributed by atoms with Crippen molar-refractivity contribution >= 4 is 27.2 Å². The highest BCUT2D eigenvalue weighted by Gasteiger charge is 2.26. The molecule has 1 aliphatic rings. The van der Waals surface area contributed by atoms with Gasteiger partial charge in [-0.15, -0.1) is 0 Å². The highest BCUT2D eigenvalue weighted by atomic mass is 35.5. The first kappa shape index (κ1) is 14.5. The summed E-state index contributed by atoms with van der Waals surface area (Å²) in [5.41, 5.74) is 1.44. The van der Waals surface area contributed by atoms with Gasteiger partial charge in [-0.05, 0) is 18.6 Å². The van der Waals surface area contributed by atoms with Gasteiger partial charge in [0, 0.05) is 29.6 Å². The standard InChI is InChI=1S/C13H16ClNO3S/c1-9-2-3-10(6-12(9)14)13(16)7-11-8-19(17,18)5-4-15-11/h2-3,6,11,15H,4-5,7-8H2,1H3. The van der Waals surface area contributed by atoms with Crippen molar-refractivity contribution in [3.05, 3.63) is 34.3 Å². The number of benzene rings is 1. The van der Waals surface area contributed by atoms with E-state index in [1.54, 1.807) is 18.2 Å². The number of aryl methyl sites for hydroxylation is 1. The number of carbonyl (C=O) groups is 1. The van der Waals surface area contributed by atoms with E-state index in [0.29, 0.717) is 17.1 Å². The monoisotopic (exact) mass is 301 g/mol. The molecule has 1 aliphatic heterocycles. The maximum absolute atomic E-state index is 12.1. The Morgan fingerprint density at radius 1 is 1.47 bits per heavy atom. The van der Waals surface area contributed by atoms with E-state index < -0.39 is 9.84 Å². The van der Waals surface area contributed by atoms with Gasteiger partial charge in [-0.2, -0.15) is 0 Å². The maximum Gasteiger partial charge on any atom is 0.164 e. The lowest BCUT2D eigenvalue weighted by molar-refractivity contribution is 0.0972. The lowest BCUT2D eigenvalue weighted by Crippen LogP contribution is -2.45. The molecule has 0 amide bonds. The second-order valence-corrected chi connectivity index (χ2v) is 7.49. The van der Waals surface area contributed by atoms with E-state index in [1.807, 2.05) is 6.92 Å². The molecular formula is C13H16ClNO3S. The van der Waals surface area contributed by atoms with Gasteiger partial charge in [0.2, 0.25) is 0 Å². The largest absolute Gasteiger partial charge is 0.312 e. The first-order chi connectivity index (χ1) is 8.87. The van der Waals surface area contributed by atoms with E-state index in [4.69, 9.17) is 11.6 Å². The van der Waals surface area contributed by atoms with Crippen molar-refractivity contribution in [2.75, 3.05) is 18.1 Å². The number of rotatable bonds is 3. The minimum atomic E-state index is -3.02. The summed E-state index contributed by atoms with van der Waals surface area (Å²) in [5, 5.41) is 3.62. The van der Waals surface area contributed by atoms with E-state index in [-0.39, 0.29) is 29.8 Å². The number of ketones is 1. The molecule has 1 aromatic rings. The number of hydrogen-bond donors (Lipinski definition) is 1. The Morgan fingerprint density at radius 3 is 2.84 bits per heavy atom. The molecule has 0 spiro atoms. The van der Waals surface area contributed by atoms with E-state index >= 15 is 0 Å². The van der Waals surface area contributed by atoms with Crippen molar-refractivity contribution in [3.63, 3.8) is 0 Å². The van der Waals surface area contributed by atoms with E-state index in [9.17, 15) is 13.2 Å². The van der Waals surface area contributed by atoms with Gasteiger partial charge in [0.05, 0.1) is 11.5 Å². The number of hydrogen-bond acceptors (Lipinski definition) is 4. The second kappa shape index (κ2) is 5.61. The molecular weight excluding hydrogens is 286 g/mol. The molecule has 1 saturated heterocycles. The summed E-state index contributed by atoms with van der Waals surface area (Å²) in [6.45, 7) is 2.28. The molecule has 0 radical (unpaired) electrons. The minimum Gasteiger partial charge on any atom is -0.312 e. The van der Waals surface area contributed by atoms with Crippen molar-refractivity contribution < 1.29 is 13.2 Å². The molecule has 4 nitrogen and oxygen atoms in total. The Hall–Kier alpha value is -0.910. The van der Waals surface area contributed by atoms with Crippen LogP contribution in [0.15, 0.2) is 18.2 Å². The normalized spacial score (nSPS) is 22.1. The summed E-state index contributed by atoms with van der Waals surface area (Å²) in [4.78, 5) is 12.1. The molecule has 19 heavy (non-hydrogen) atoms. The van der Waals surface area contributed by atoms with Gasteiger partial charge < -0.3 is 5.32 Å². The van der Waals surface area contributed by atoms with Gasteiger partial charge in [-0.3, -0.25) is 4.79 Å². The number of nitrogens with one attached hydrogen (secondary N) is 1. The van der Waals surface area contributed by atoms with Gasteiger partial charge in [0.15, 0.2) is 15.6 Å². The average molecular weight is 302 g/mol. The van der Waals surface area contributed by atoms with Gasteiger partial charge in [0.25, 0.3) is 0 Å². The van der Waals surface area contributed by atoms with Crippen LogP contribution in [0.2, 0.25) is 5.02 Å². The summed E-state index contributed by atoms with van der Waals surface area (Å²) >= 11 is 5.98. The van der Waals surface area contributed by atoms with Crippen LogP contribution in [0, 0.1) is 6.92 Å². The zero-order valence-electron chi connectivity index (χ0n) is 10.6. The third-order valence-corrected chi connectivity index (χ3v) is 5.37. The molecule has 104 valence electrons. The predicted octanol–water partition coefficient (Wildman–Crippen LogP) is 1.61. The number of sulfone groups is 1. The van der Waals surface area contributed by atoms with Crippen molar-refractivity contribution in [2.24, 2.45) is 0 Å². The third-order valence-electron chi connectivity index (χ3n) is 3.23. The maximum atomic E-state index is 12.1. The summed E-state index contributed by atoms with van der Waals surface area (Å²) in [5.74, 6) is 0.0864. The average Bonchev–Trinajstić information content (AvgIpc) is 2.31. The minimum absolute atomic E-state index is 0.0261. The summed E-state index contributed by atoms with van der Waals surface area (Å²) in [6, 6.07) is 4.85. The Morgan fingerprint density at radius 2 is 2.21 bits per heavy atom. The molecule has 2 rings (SSSR count). The van der Waals surface area contributed by atoms with E-state index in [1.165, 1.54) is 0 Å². The highest BCUT2D eigenvalue weighted by Crippen LogP contribution is 2.18. The zero-order valence-corrected chi connectivity index (χ0v) is 12.2. The van der Waals surface area contributed by atoms with Crippen LogP contribution in [0.4, 0.5) is 0 Å². The molecule has 0 aliphatic carbocycles. The first-order valence-corrected chi connectivity index (χ1v) is 8.30. The highest BCUT2D eigenvalue weighted by molar-refractivity contribution is 7.91. The fourth-order valence-electron chi connectivity index (χ4n) is 2.11. The van der Waals surface area contributed by atoms with Crippen molar-refractivity contribution in [1.29, 1.82) is 0 Å². The zero-order chi connectivity index (χ0) is 14.0. The van der Waals surface area contributed by atoms with Crippen molar-refractivity contribution in [2.45, 2.75) is 19.4 Å². The van der Waals surface area contributed by atoms with Crippen molar-refractivity contribution in [1.82, 2.24) is 5.32 Å². The molecule has 1 atom stereocenters. The molecule has 0 saturated carbocycles. The fraction of sp³-hybridized carbons (Fsp3) is 0.462. The van der Waals surface area contributed by atoms with Crippen LogP contribution >= 0.6 is 11.6 Å². The van der Waals surface area contributed by atoms with Gasteiger partial charge in [-0.1, -0.05) is 23.7 Å². The van der Waals surface area contributed by atoms with Crippen LogP contribution in [0.25, 0.3) is 0 Å². The van der Waals surface area contributed by atoms with Crippen LogP contribution in [-0.4, -0.2) is 38.3 Å². The molecule has 0 aromatic heterocycles. The molecule has 6 heteroatoms. The lowest BCUT2D eigenvalue weighted by Gasteiger charge is -2.23. The molecule has 1 aromatic carbocycles. The summed E-state index contributed by atoms with van der Waals surface area (Å²) in [6.07, 6.45) is 0.179. The fourth-order valence-corrected chi connectivity index (χ4v) is 3.73. The van der Waals surface area contributed by atoms with Crippen LogP contribution in [0.3, 0.4) is 0 Å². The molecule has 0 bridgehead atoms. The van der Waals surface area contributed by atoms with Crippen LogP contribution in [-0.2, 0) is 9.84 Å². The predicted molar refractivity (Wildman–Crippen MR) is 75.6 cm³/mol. The SMILES string of the molecule is Cc1ccc(C(=O)CC2CS(=O)(=O)CCN2)cc1Cl. The van der Waals surface area contributed by atoms with E-state index in [2.05, 4.69) is 5.32 Å². The van der Waals surface area contributed by atoms with Gasteiger partial charge >= 0.3 is 0 Å². The second-order valence-electron chi connectivity index (χ2n) is 4.86. The molecule has 1 fully saturated rings. The Labute approximate surface area is 118 Å². The number of carbonyl (C=O) groups excluding carboxylic acids is 1. The van der Waals surface area contributed by atoms with Gasteiger partial charge in [-0.25, -0.2) is 8.42 Å². The topological polar surface area (TPSA) is 63.2 Å². The number of Topliss-reactive ketones (excluding diaryl/α,β-unsaturated/α-hetero) is 1. The smallest absolute Gasteiger partial charge is 0.164 e. The Kier molecular flexibility index (Phi) is 4.28. The van der Waals surface area contributed by atoms with E-state index in [0.717, 1.165) is 5.56 Å². The Balaban J connectivity index is 2.06. The van der Waals surface area contributed by atoms with Crippen LogP contribution in [0.1, 0.15) is 22.3 Å². The van der Waals surface area contributed by atoms with Crippen LogP contribution in [0.5, 0.6) is 0 Å². The molecule has 1 N–H and O–H groups in total. The number of halogens is 1. The van der Waals surface area contributed by atoms with Crippen LogP contribution < -0.4 is 5.32 Å². The Bertz CT molecular complexity index is 598. The molecule has 1 unspecified atom stereocenters.